The zero-order valence-electron chi connectivity index (χ0n) is 10.4. The first-order valence-electron chi connectivity index (χ1n) is 6.34. The van der Waals surface area contributed by atoms with E-state index in [1.54, 1.807) is 0 Å². The van der Waals surface area contributed by atoms with Gasteiger partial charge in [0.15, 0.2) is 0 Å². The minimum absolute atomic E-state index is 0.0728. The van der Waals surface area contributed by atoms with Gasteiger partial charge in [-0.3, -0.25) is 0 Å². The Labute approximate surface area is 107 Å². The Bertz CT molecular complexity index is 550. The molecule has 0 aliphatic carbocycles. The van der Waals surface area contributed by atoms with Crippen LogP contribution in [-0.2, 0) is 0 Å². The summed E-state index contributed by atoms with van der Waals surface area (Å²) < 4.78 is 0. The zero-order chi connectivity index (χ0) is 12.5. The van der Waals surface area contributed by atoms with Crippen LogP contribution in [-0.4, -0.2) is 17.8 Å². The molecule has 0 fully saturated rings. The van der Waals surface area contributed by atoms with Gasteiger partial charge >= 0.3 is 0 Å². The predicted octanol–water partition coefficient (Wildman–Crippen LogP) is 2.91. The van der Waals surface area contributed by atoms with Crippen molar-refractivity contribution in [1.82, 2.24) is 0 Å². The molecular weight excluding hydrogens is 222 g/mol. The second-order valence-electron chi connectivity index (χ2n) is 4.87. The first-order chi connectivity index (χ1) is 8.77. The summed E-state index contributed by atoms with van der Waals surface area (Å²) in [5.41, 5.74) is 4.78. The lowest BCUT2D eigenvalue weighted by molar-refractivity contribution is 0.165. The monoisotopic (exact) mass is 239 g/mol. The number of fused-ring (bicyclic) bond motifs is 1. The van der Waals surface area contributed by atoms with E-state index in [0.717, 1.165) is 5.69 Å². The predicted molar refractivity (Wildman–Crippen MR) is 74.0 cm³/mol. The Morgan fingerprint density at radius 3 is 2.61 bits per heavy atom. The first-order valence-corrected chi connectivity index (χ1v) is 6.34. The van der Waals surface area contributed by atoms with Crippen molar-refractivity contribution in [3.8, 4) is 0 Å². The van der Waals surface area contributed by atoms with Crippen molar-refractivity contribution in [3.63, 3.8) is 0 Å². The van der Waals surface area contributed by atoms with Crippen LogP contribution < -0.4 is 5.32 Å². The van der Waals surface area contributed by atoms with Crippen molar-refractivity contribution in [2.75, 3.05) is 11.9 Å². The average molecular weight is 239 g/mol. The normalized spacial score (nSPS) is 22.1. The summed E-state index contributed by atoms with van der Waals surface area (Å²) in [5, 5.41) is 13.6. The number of aliphatic hydroxyl groups excluding tert-OH is 1. The van der Waals surface area contributed by atoms with Crippen LogP contribution in [0.3, 0.4) is 0 Å². The Balaban J connectivity index is 2.16. The van der Waals surface area contributed by atoms with E-state index < -0.39 is 0 Å². The third kappa shape index (κ3) is 1.79. The van der Waals surface area contributed by atoms with Gasteiger partial charge in [0, 0.05) is 18.2 Å². The lowest BCUT2D eigenvalue weighted by Crippen LogP contribution is -2.33. The molecule has 0 unspecified atom stereocenters. The molecule has 2 aromatic carbocycles. The zero-order valence-corrected chi connectivity index (χ0v) is 10.4. The number of benzene rings is 2. The van der Waals surface area contributed by atoms with E-state index in [1.807, 2.05) is 18.2 Å². The number of rotatable bonds is 1. The van der Waals surface area contributed by atoms with Crippen molar-refractivity contribution < 1.29 is 5.11 Å². The minimum Gasteiger partial charge on any atom is -0.390 e. The van der Waals surface area contributed by atoms with Crippen LogP contribution in [0.25, 0.3) is 0 Å². The number of hydrogen-bond donors (Lipinski definition) is 2. The molecule has 0 bridgehead atoms. The second kappa shape index (κ2) is 4.46. The standard InChI is InChI=1S/C16H17NO/c1-11-6-5-9-13-15(11)16(14(18)10-17-13)12-7-3-2-4-8-12/h2-9,14,16-18H,10H2,1H3/t14-,16+/m1/s1. The smallest absolute Gasteiger partial charge is 0.0822 e. The number of β-amino-alcohol motifs (C(OH)–C–C–N with tert-alkyl or cyclic N) is 1. The van der Waals surface area contributed by atoms with Crippen LogP contribution in [0.15, 0.2) is 48.5 Å². The lowest BCUT2D eigenvalue weighted by atomic mass is 9.81. The topological polar surface area (TPSA) is 32.3 Å². The molecule has 0 spiro atoms. The summed E-state index contributed by atoms with van der Waals surface area (Å²) in [5.74, 6) is 0.0728. The van der Waals surface area contributed by atoms with Gasteiger partial charge in [0.05, 0.1) is 6.10 Å². The summed E-state index contributed by atoms with van der Waals surface area (Å²) in [7, 11) is 0. The molecule has 1 aliphatic heterocycles. The van der Waals surface area contributed by atoms with Crippen LogP contribution in [0, 0.1) is 6.92 Å². The number of aliphatic hydroxyl groups is 1. The third-order valence-corrected chi connectivity index (χ3v) is 3.68. The van der Waals surface area contributed by atoms with Gasteiger partial charge in [-0.2, -0.15) is 0 Å². The van der Waals surface area contributed by atoms with Crippen LogP contribution in [0.2, 0.25) is 0 Å². The molecule has 0 radical (unpaired) electrons. The van der Waals surface area contributed by atoms with E-state index >= 15 is 0 Å². The molecule has 0 amide bonds. The lowest BCUT2D eigenvalue weighted by Gasteiger charge is -2.33. The van der Waals surface area contributed by atoms with Crippen molar-refractivity contribution >= 4 is 5.69 Å². The van der Waals surface area contributed by atoms with Gasteiger partial charge in [0.1, 0.15) is 0 Å². The van der Waals surface area contributed by atoms with Crippen LogP contribution in [0.1, 0.15) is 22.6 Å². The summed E-state index contributed by atoms with van der Waals surface area (Å²) in [6.07, 6.45) is -0.374. The van der Waals surface area contributed by atoms with Crippen molar-refractivity contribution in [2.24, 2.45) is 0 Å². The van der Waals surface area contributed by atoms with E-state index in [9.17, 15) is 5.11 Å². The van der Waals surface area contributed by atoms with Gasteiger partial charge in [0.25, 0.3) is 0 Å². The minimum atomic E-state index is -0.374. The summed E-state index contributed by atoms with van der Waals surface area (Å²) in [6, 6.07) is 16.5. The summed E-state index contributed by atoms with van der Waals surface area (Å²) >= 11 is 0. The molecular formula is C16H17NO. The van der Waals surface area contributed by atoms with E-state index in [1.165, 1.54) is 16.7 Å². The maximum atomic E-state index is 10.3. The molecule has 3 rings (SSSR count). The number of hydrogen-bond acceptors (Lipinski definition) is 2. The Kier molecular flexibility index (Phi) is 2.80. The maximum absolute atomic E-state index is 10.3. The molecule has 2 atom stereocenters. The number of anilines is 1. The highest BCUT2D eigenvalue weighted by molar-refractivity contribution is 5.61. The Morgan fingerprint density at radius 1 is 1.06 bits per heavy atom. The molecule has 2 heteroatoms. The fraction of sp³-hybridized carbons (Fsp3) is 0.250. The number of aryl methyl sites for hydroxylation is 1. The van der Waals surface area contributed by atoms with Gasteiger partial charge in [-0.1, -0.05) is 42.5 Å². The highest BCUT2D eigenvalue weighted by atomic mass is 16.3. The molecule has 18 heavy (non-hydrogen) atoms. The first kappa shape index (κ1) is 11.3. The molecule has 2 nitrogen and oxygen atoms in total. The van der Waals surface area contributed by atoms with Gasteiger partial charge in [-0.05, 0) is 29.7 Å². The molecule has 1 heterocycles. The molecule has 92 valence electrons. The molecule has 0 saturated carbocycles. The SMILES string of the molecule is Cc1cccc2c1[C@@H](c1ccccc1)[C@H](O)CN2. The van der Waals surface area contributed by atoms with Gasteiger partial charge in [-0.15, -0.1) is 0 Å². The van der Waals surface area contributed by atoms with Crippen molar-refractivity contribution in [1.29, 1.82) is 0 Å². The van der Waals surface area contributed by atoms with Crippen LogP contribution >= 0.6 is 0 Å². The van der Waals surface area contributed by atoms with Gasteiger partial charge in [0.2, 0.25) is 0 Å². The highest BCUT2D eigenvalue weighted by Crippen LogP contribution is 2.38. The Hall–Kier alpha value is -1.80. The van der Waals surface area contributed by atoms with Gasteiger partial charge in [-0.25, -0.2) is 0 Å². The largest absolute Gasteiger partial charge is 0.390 e. The van der Waals surface area contributed by atoms with Crippen molar-refractivity contribution in [3.05, 3.63) is 65.2 Å². The van der Waals surface area contributed by atoms with E-state index in [4.69, 9.17) is 0 Å². The van der Waals surface area contributed by atoms with Gasteiger partial charge < -0.3 is 10.4 Å². The molecule has 2 N–H and O–H groups in total. The summed E-state index contributed by atoms with van der Waals surface area (Å²) in [6.45, 7) is 2.71. The van der Waals surface area contributed by atoms with Crippen LogP contribution in [0.4, 0.5) is 5.69 Å². The second-order valence-corrected chi connectivity index (χ2v) is 4.87. The van der Waals surface area contributed by atoms with E-state index in [2.05, 4.69) is 42.6 Å². The quantitative estimate of drug-likeness (QED) is 0.802. The molecule has 2 aromatic rings. The fourth-order valence-electron chi connectivity index (χ4n) is 2.82. The van der Waals surface area contributed by atoms with E-state index in [-0.39, 0.29) is 12.0 Å². The molecule has 1 aliphatic rings. The van der Waals surface area contributed by atoms with Crippen molar-refractivity contribution in [2.45, 2.75) is 18.9 Å². The number of nitrogens with one attached hydrogen (secondary N) is 1. The van der Waals surface area contributed by atoms with E-state index in [0.29, 0.717) is 6.54 Å². The molecule has 0 aromatic heterocycles. The third-order valence-electron chi connectivity index (χ3n) is 3.68. The molecule has 0 saturated heterocycles. The summed E-state index contributed by atoms with van der Waals surface area (Å²) in [4.78, 5) is 0. The fourth-order valence-corrected chi connectivity index (χ4v) is 2.82. The highest BCUT2D eigenvalue weighted by Gasteiger charge is 2.30. The maximum Gasteiger partial charge on any atom is 0.0822 e. The Morgan fingerprint density at radius 2 is 1.83 bits per heavy atom. The average Bonchev–Trinajstić information content (AvgIpc) is 2.40. The van der Waals surface area contributed by atoms with Crippen LogP contribution in [0.5, 0.6) is 0 Å².